The molecule has 80 valence electrons. The lowest BCUT2D eigenvalue weighted by Gasteiger charge is -2.20. The van der Waals surface area contributed by atoms with Crippen LogP contribution in [0.2, 0.25) is 5.02 Å². The van der Waals surface area contributed by atoms with Crippen LogP contribution in [0.4, 0.5) is 0 Å². The summed E-state index contributed by atoms with van der Waals surface area (Å²) in [6, 6.07) is 7.23. The maximum Gasteiger partial charge on any atom is 0.178 e. The number of ketones is 1. The van der Waals surface area contributed by atoms with Gasteiger partial charge >= 0.3 is 0 Å². The molecule has 3 heteroatoms. The maximum atomic E-state index is 12.2. The zero-order chi connectivity index (χ0) is 10.9. The normalized spacial score (nSPS) is 25.5. The first-order chi connectivity index (χ1) is 7.12. The minimum atomic E-state index is -0.231. The molecule has 2 rings (SSSR count). The molecule has 0 bridgehead atoms. The number of thioether (sulfide) groups is 1. The summed E-state index contributed by atoms with van der Waals surface area (Å²) in [6.07, 6.45) is 2.11. The molecule has 0 aliphatic carbocycles. The van der Waals surface area contributed by atoms with Crippen molar-refractivity contribution in [2.45, 2.75) is 24.5 Å². The van der Waals surface area contributed by atoms with Crippen molar-refractivity contribution in [1.82, 2.24) is 0 Å². The Morgan fingerprint density at radius 1 is 1.53 bits per heavy atom. The smallest absolute Gasteiger partial charge is 0.178 e. The Morgan fingerprint density at radius 2 is 2.33 bits per heavy atom. The zero-order valence-electron chi connectivity index (χ0n) is 8.63. The van der Waals surface area contributed by atoms with Gasteiger partial charge in [-0.3, -0.25) is 4.79 Å². The number of Topliss-reactive ketones (excluding diaryl/α,β-unsaturated/α-hetero) is 1. The summed E-state index contributed by atoms with van der Waals surface area (Å²) < 4.78 is -0.231. The monoisotopic (exact) mass is 240 g/mol. The van der Waals surface area contributed by atoms with Crippen LogP contribution in [-0.4, -0.2) is 16.3 Å². The number of carbonyl (C=O) groups excluding carboxylic acids is 1. The van der Waals surface area contributed by atoms with Gasteiger partial charge in [-0.25, -0.2) is 0 Å². The summed E-state index contributed by atoms with van der Waals surface area (Å²) >= 11 is 7.64. The molecule has 0 N–H and O–H groups in total. The highest BCUT2D eigenvalue weighted by atomic mass is 35.5. The molecular formula is C12H13ClOS. The molecule has 1 unspecified atom stereocenters. The van der Waals surface area contributed by atoms with Crippen molar-refractivity contribution in [1.29, 1.82) is 0 Å². The highest BCUT2D eigenvalue weighted by Crippen LogP contribution is 2.40. The average molecular weight is 241 g/mol. The van der Waals surface area contributed by atoms with Gasteiger partial charge in [0.2, 0.25) is 0 Å². The molecule has 1 aromatic rings. The van der Waals surface area contributed by atoms with Crippen molar-refractivity contribution in [2.24, 2.45) is 0 Å². The molecule has 1 aliphatic rings. The van der Waals surface area contributed by atoms with E-state index < -0.39 is 0 Å². The largest absolute Gasteiger partial charge is 0.293 e. The SMILES string of the molecule is CC1(C(=O)c2cccc(Cl)c2)CCCS1. The fourth-order valence-electron chi connectivity index (χ4n) is 1.89. The third-order valence-electron chi connectivity index (χ3n) is 2.79. The topological polar surface area (TPSA) is 17.1 Å². The van der Waals surface area contributed by atoms with Gasteiger partial charge in [-0.05, 0) is 37.7 Å². The maximum absolute atomic E-state index is 12.2. The molecule has 0 aromatic heterocycles. The van der Waals surface area contributed by atoms with Crippen molar-refractivity contribution in [3.63, 3.8) is 0 Å². The second-order valence-corrected chi connectivity index (χ2v) is 6.06. The molecule has 1 heterocycles. The minimum absolute atomic E-state index is 0.215. The average Bonchev–Trinajstić information content (AvgIpc) is 2.65. The molecule has 0 amide bonds. The summed E-state index contributed by atoms with van der Waals surface area (Å²) in [6.45, 7) is 2.04. The van der Waals surface area contributed by atoms with E-state index in [4.69, 9.17) is 11.6 Å². The van der Waals surface area contributed by atoms with Gasteiger partial charge in [0.25, 0.3) is 0 Å². The third-order valence-corrected chi connectivity index (χ3v) is 4.54. The lowest BCUT2D eigenvalue weighted by molar-refractivity contribution is 0.0949. The van der Waals surface area contributed by atoms with Crippen LogP contribution >= 0.6 is 23.4 Å². The van der Waals surface area contributed by atoms with E-state index in [0.29, 0.717) is 5.02 Å². The lowest BCUT2D eigenvalue weighted by atomic mass is 9.95. The van der Waals surface area contributed by atoms with E-state index in [1.54, 1.807) is 23.9 Å². The highest BCUT2D eigenvalue weighted by Gasteiger charge is 2.37. The van der Waals surface area contributed by atoms with Gasteiger partial charge in [0.05, 0.1) is 4.75 Å². The number of benzene rings is 1. The summed E-state index contributed by atoms with van der Waals surface area (Å²) in [4.78, 5) is 12.2. The van der Waals surface area contributed by atoms with E-state index in [1.807, 2.05) is 19.1 Å². The summed E-state index contributed by atoms with van der Waals surface area (Å²) in [5.74, 6) is 1.30. The van der Waals surface area contributed by atoms with Crippen molar-refractivity contribution in [2.75, 3.05) is 5.75 Å². The van der Waals surface area contributed by atoms with E-state index >= 15 is 0 Å². The third kappa shape index (κ3) is 2.21. The molecule has 15 heavy (non-hydrogen) atoms. The number of hydrogen-bond donors (Lipinski definition) is 0. The van der Waals surface area contributed by atoms with Crippen molar-refractivity contribution >= 4 is 29.1 Å². The predicted molar refractivity (Wildman–Crippen MR) is 65.9 cm³/mol. The molecule has 1 aliphatic heterocycles. The number of hydrogen-bond acceptors (Lipinski definition) is 2. The van der Waals surface area contributed by atoms with Gasteiger partial charge in [-0.1, -0.05) is 23.7 Å². The Labute approximate surface area is 99.2 Å². The first kappa shape index (κ1) is 11.0. The van der Waals surface area contributed by atoms with Crippen LogP contribution in [0.25, 0.3) is 0 Å². The Morgan fingerprint density at radius 3 is 2.93 bits per heavy atom. The van der Waals surface area contributed by atoms with Crippen LogP contribution in [-0.2, 0) is 0 Å². The van der Waals surface area contributed by atoms with E-state index in [1.165, 1.54) is 0 Å². The second kappa shape index (κ2) is 4.18. The molecular weight excluding hydrogens is 228 g/mol. The first-order valence-corrected chi connectivity index (χ1v) is 6.42. The lowest BCUT2D eigenvalue weighted by Crippen LogP contribution is -2.28. The molecule has 0 spiro atoms. The quantitative estimate of drug-likeness (QED) is 0.732. The zero-order valence-corrected chi connectivity index (χ0v) is 10.2. The Balaban J connectivity index is 2.27. The van der Waals surface area contributed by atoms with Crippen LogP contribution in [0.15, 0.2) is 24.3 Å². The molecule has 0 saturated carbocycles. The predicted octanol–water partition coefficient (Wildman–Crippen LogP) is 3.81. The highest BCUT2D eigenvalue weighted by molar-refractivity contribution is 8.01. The van der Waals surface area contributed by atoms with Crippen LogP contribution in [0.3, 0.4) is 0 Å². The minimum Gasteiger partial charge on any atom is -0.293 e. The van der Waals surface area contributed by atoms with Crippen LogP contribution < -0.4 is 0 Å². The molecule has 1 aromatic carbocycles. The van der Waals surface area contributed by atoms with Gasteiger partial charge in [-0.2, -0.15) is 0 Å². The second-order valence-electron chi connectivity index (χ2n) is 4.02. The van der Waals surface area contributed by atoms with E-state index in [0.717, 1.165) is 24.2 Å². The fourth-order valence-corrected chi connectivity index (χ4v) is 3.36. The van der Waals surface area contributed by atoms with Crippen LogP contribution in [0, 0.1) is 0 Å². The summed E-state index contributed by atoms with van der Waals surface area (Å²) in [5.41, 5.74) is 0.736. The van der Waals surface area contributed by atoms with E-state index in [9.17, 15) is 4.79 Å². The molecule has 1 atom stereocenters. The van der Waals surface area contributed by atoms with Crippen molar-refractivity contribution < 1.29 is 4.79 Å². The van der Waals surface area contributed by atoms with E-state index in [2.05, 4.69) is 0 Å². The van der Waals surface area contributed by atoms with Gasteiger partial charge in [-0.15, -0.1) is 11.8 Å². The van der Waals surface area contributed by atoms with Gasteiger partial charge < -0.3 is 0 Å². The number of halogens is 1. The summed E-state index contributed by atoms with van der Waals surface area (Å²) in [5, 5.41) is 0.632. The molecule has 0 radical (unpaired) electrons. The van der Waals surface area contributed by atoms with Crippen molar-refractivity contribution in [3.05, 3.63) is 34.9 Å². The van der Waals surface area contributed by atoms with Gasteiger partial charge in [0, 0.05) is 10.6 Å². The summed E-state index contributed by atoms with van der Waals surface area (Å²) in [7, 11) is 0. The molecule has 1 fully saturated rings. The first-order valence-electron chi connectivity index (χ1n) is 5.06. The standard InChI is InChI=1S/C12H13ClOS/c1-12(6-3-7-15-12)11(14)9-4-2-5-10(13)8-9/h2,4-5,8H,3,6-7H2,1H3. The van der Waals surface area contributed by atoms with Crippen molar-refractivity contribution in [3.8, 4) is 0 Å². The molecule has 1 saturated heterocycles. The van der Waals surface area contributed by atoms with E-state index in [-0.39, 0.29) is 10.5 Å². The Hall–Kier alpha value is -0.470. The molecule has 1 nitrogen and oxygen atoms in total. The fraction of sp³-hybridized carbons (Fsp3) is 0.417. The van der Waals surface area contributed by atoms with Crippen LogP contribution in [0.5, 0.6) is 0 Å². The van der Waals surface area contributed by atoms with Crippen LogP contribution in [0.1, 0.15) is 30.1 Å². The number of rotatable bonds is 2. The Kier molecular flexibility index (Phi) is 3.08. The number of carbonyl (C=O) groups is 1. The van der Waals surface area contributed by atoms with Gasteiger partial charge in [0.15, 0.2) is 5.78 Å². The van der Waals surface area contributed by atoms with Gasteiger partial charge in [0.1, 0.15) is 0 Å². The Bertz CT molecular complexity index is 383.